The molecule has 0 bridgehead atoms. The van der Waals surface area contributed by atoms with E-state index in [0.717, 1.165) is 18.2 Å². The first-order chi connectivity index (χ1) is 16.0. The van der Waals surface area contributed by atoms with Crippen LogP contribution in [0.5, 0.6) is 11.5 Å². The van der Waals surface area contributed by atoms with Crippen LogP contribution >= 0.6 is 0 Å². The van der Waals surface area contributed by atoms with Gasteiger partial charge in [-0.25, -0.2) is 4.98 Å². The standard InChI is InChI=1S/C23H16F6N2O3/c24-22(25,26)20-3-1-2-16(30-20)13-31-10-11-33-19-9-6-15(12-18(19)21(31)32)14-4-7-17(8-5-14)34-23(27,28)29/h1-9,12H,10-11,13H2. The van der Waals surface area contributed by atoms with E-state index in [-0.39, 0.29) is 36.7 Å². The zero-order valence-corrected chi connectivity index (χ0v) is 17.3. The Labute approximate surface area is 189 Å². The predicted molar refractivity (Wildman–Crippen MR) is 108 cm³/mol. The summed E-state index contributed by atoms with van der Waals surface area (Å²) in [5, 5.41) is 0. The number of halogens is 6. The minimum absolute atomic E-state index is 0.0723. The number of hydrogen-bond donors (Lipinski definition) is 0. The van der Waals surface area contributed by atoms with Gasteiger partial charge in [0.2, 0.25) is 0 Å². The third-order valence-electron chi connectivity index (χ3n) is 4.99. The normalized spacial score (nSPS) is 14.3. The Hall–Kier alpha value is -3.76. The van der Waals surface area contributed by atoms with Crippen LogP contribution in [0.25, 0.3) is 11.1 Å². The topological polar surface area (TPSA) is 51.7 Å². The molecule has 0 radical (unpaired) electrons. The van der Waals surface area contributed by atoms with Crippen LogP contribution in [0, 0.1) is 0 Å². The fourth-order valence-corrected chi connectivity index (χ4v) is 3.46. The van der Waals surface area contributed by atoms with Gasteiger partial charge in [-0.1, -0.05) is 24.3 Å². The number of hydrogen-bond acceptors (Lipinski definition) is 4. The van der Waals surface area contributed by atoms with Gasteiger partial charge in [0.1, 0.15) is 23.8 Å². The molecule has 3 aromatic rings. The van der Waals surface area contributed by atoms with E-state index in [1.165, 1.54) is 35.2 Å². The number of ether oxygens (including phenoxy) is 2. The molecule has 2 aromatic carbocycles. The molecule has 1 aromatic heterocycles. The maximum absolute atomic E-state index is 13.2. The van der Waals surface area contributed by atoms with Crippen molar-refractivity contribution in [1.82, 2.24) is 9.88 Å². The molecule has 34 heavy (non-hydrogen) atoms. The molecule has 0 saturated carbocycles. The van der Waals surface area contributed by atoms with Crippen molar-refractivity contribution >= 4 is 5.91 Å². The summed E-state index contributed by atoms with van der Waals surface area (Å²) in [5.74, 6) is -0.555. The maximum Gasteiger partial charge on any atom is 0.573 e. The molecule has 11 heteroatoms. The van der Waals surface area contributed by atoms with E-state index < -0.39 is 24.1 Å². The van der Waals surface area contributed by atoms with Gasteiger partial charge in [-0.2, -0.15) is 13.2 Å². The number of benzene rings is 2. The fourth-order valence-electron chi connectivity index (χ4n) is 3.46. The monoisotopic (exact) mass is 482 g/mol. The molecule has 0 saturated heterocycles. The summed E-state index contributed by atoms with van der Waals surface area (Å²) in [7, 11) is 0. The van der Waals surface area contributed by atoms with Gasteiger partial charge in [0.25, 0.3) is 5.91 Å². The highest BCUT2D eigenvalue weighted by Gasteiger charge is 2.33. The molecule has 4 rings (SSSR count). The molecule has 0 spiro atoms. The van der Waals surface area contributed by atoms with Crippen LogP contribution in [0.4, 0.5) is 26.3 Å². The van der Waals surface area contributed by atoms with Crippen LogP contribution in [0.1, 0.15) is 21.7 Å². The van der Waals surface area contributed by atoms with Gasteiger partial charge in [0.15, 0.2) is 0 Å². The van der Waals surface area contributed by atoms with E-state index in [1.807, 2.05) is 0 Å². The Morgan fingerprint density at radius 2 is 1.65 bits per heavy atom. The molecule has 2 heterocycles. The Morgan fingerprint density at radius 1 is 0.941 bits per heavy atom. The summed E-state index contributed by atoms with van der Waals surface area (Å²) < 4.78 is 85.5. The smallest absolute Gasteiger partial charge is 0.491 e. The summed E-state index contributed by atoms with van der Waals surface area (Å²) in [5.41, 5.74) is 0.263. The van der Waals surface area contributed by atoms with Crippen molar-refractivity contribution in [2.24, 2.45) is 0 Å². The SMILES string of the molecule is O=C1c2cc(-c3ccc(OC(F)(F)F)cc3)ccc2OCCN1Cc1cccc(C(F)(F)F)n1. The highest BCUT2D eigenvalue weighted by molar-refractivity contribution is 5.98. The minimum Gasteiger partial charge on any atom is -0.491 e. The van der Waals surface area contributed by atoms with Crippen molar-refractivity contribution in [2.75, 3.05) is 13.2 Å². The van der Waals surface area contributed by atoms with Gasteiger partial charge in [0.05, 0.1) is 24.3 Å². The molecule has 178 valence electrons. The number of nitrogens with zero attached hydrogens (tertiary/aromatic N) is 2. The highest BCUT2D eigenvalue weighted by Crippen LogP contribution is 2.32. The molecule has 1 aliphatic heterocycles. The molecule has 1 aliphatic rings. The number of pyridine rings is 1. The zero-order valence-electron chi connectivity index (χ0n) is 17.3. The summed E-state index contributed by atoms with van der Waals surface area (Å²) in [4.78, 5) is 18.1. The number of rotatable bonds is 4. The van der Waals surface area contributed by atoms with Crippen molar-refractivity contribution in [2.45, 2.75) is 19.1 Å². The first-order valence-corrected chi connectivity index (χ1v) is 9.95. The quantitative estimate of drug-likeness (QED) is 0.448. The molecule has 0 atom stereocenters. The van der Waals surface area contributed by atoms with Crippen molar-refractivity contribution < 1.29 is 40.6 Å². The van der Waals surface area contributed by atoms with Gasteiger partial charge in [0, 0.05) is 0 Å². The molecular formula is C23H16F6N2O3. The van der Waals surface area contributed by atoms with E-state index in [1.54, 1.807) is 12.1 Å². The molecule has 0 aliphatic carbocycles. The fraction of sp³-hybridized carbons (Fsp3) is 0.217. The second kappa shape index (κ2) is 8.88. The van der Waals surface area contributed by atoms with Gasteiger partial charge >= 0.3 is 12.5 Å². The third kappa shape index (κ3) is 5.41. The van der Waals surface area contributed by atoms with Gasteiger partial charge in [-0.3, -0.25) is 4.79 Å². The van der Waals surface area contributed by atoms with Crippen LogP contribution in [-0.4, -0.2) is 35.3 Å². The number of amides is 1. The van der Waals surface area contributed by atoms with Gasteiger partial charge < -0.3 is 14.4 Å². The molecule has 0 fully saturated rings. The van der Waals surface area contributed by atoms with Gasteiger partial charge in [-0.05, 0) is 47.5 Å². The molecular weight excluding hydrogens is 466 g/mol. The molecule has 0 N–H and O–H groups in total. The maximum atomic E-state index is 13.2. The number of carbonyl (C=O) groups is 1. The lowest BCUT2D eigenvalue weighted by Gasteiger charge is -2.20. The van der Waals surface area contributed by atoms with Gasteiger partial charge in [-0.15, -0.1) is 13.2 Å². The summed E-state index contributed by atoms with van der Waals surface area (Å²) >= 11 is 0. The zero-order chi connectivity index (χ0) is 24.5. The molecule has 0 unspecified atom stereocenters. The number of aromatic nitrogens is 1. The Balaban J connectivity index is 1.58. The van der Waals surface area contributed by atoms with E-state index in [2.05, 4.69) is 9.72 Å². The molecule has 5 nitrogen and oxygen atoms in total. The largest absolute Gasteiger partial charge is 0.573 e. The van der Waals surface area contributed by atoms with Crippen LogP contribution in [0.2, 0.25) is 0 Å². The summed E-state index contributed by atoms with van der Waals surface area (Å²) in [6.45, 7) is 0.101. The number of fused-ring (bicyclic) bond motifs is 1. The van der Waals surface area contributed by atoms with Crippen LogP contribution in [0.15, 0.2) is 60.7 Å². The average Bonchev–Trinajstić information content (AvgIpc) is 2.91. The third-order valence-corrected chi connectivity index (χ3v) is 4.99. The van der Waals surface area contributed by atoms with Crippen LogP contribution in [-0.2, 0) is 12.7 Å². The molecule has 1 amide bonds. The first kappa shape index (κ1) is 23.4. The second-order valence-electron chi connectivity index (χ2n) is 7.37. The van der Waals surface area contributed by atoms with Crippen molar-refractivity contribution in [3.63, 3.8) is 0 Å². The van der Waals surface area contributed by atoms with Crippen LogP contribution in [0.3, 0.4) is 0 Å². The van der Waals surface area contributed by atoms with Crippen molar-refractivity contribution in [3.8, 4) is 22.6 Å². The predicted octanol–water partition coefficient (Wildman–Crippen LogP) is 5.70. The van der Waals surface area contributed by atoms with Crippen molar-refractivity contribution in [3.05, 3.63) is 77.6 Å². The summed E-state index contributed by atoms with van der Waals surface area (Å²) in [6.07, 6.45) is -9.42. The Morgan fingerprint density at radius 3 is 2.32 bits per heavy atom. The lowest BCUT2D eigenvalue weighted by atomic mass is 10.0. The summed E-state index contributed by atoms with van der Waals surface area (Å²) in [6, 6.07) is 13.3. The van der Waals surface area contributed by atoms with Crippen molar-refractivity contribution in [1.29, 1.82) is 0 Å². The highest BCUT2D eigenvalue weighted by atomic mass is 19.4. The minimum atomic E-state index is -4.81. The van der Waals surface area contributed by atoms with E-state index >= 15 is 0 Å². The lowest BCUT2D eigenvalue weighted by molar-refractivity contribution is -0.274. The first-order valence-electron chi connectivity index (χ1n) is 9.95. The van der Waals surface area contributed by atoms with E-state index in [0.29, 0.717) is 16.9 Å². The number of alkyl halides is 6. The van der Waals surface area contributed by atoms with E-state index in [4.69, 9.17) is 4.74 Å². The average molecular weight is 482 g/mol. The Kier molecular flexibility index (Phi) is 6.11. The lowest BCUT2D eigenvalue weighted by Crippen LogP contribution is -2.32. The second-order valence-corrected chi connectivity index (χ2v) is 7.37. The Bertz CT molecular complexity index is 1190. The van der Waals surface area contributed by atoms with E-state index in [9.17, 15) is 31.1 Å². The van der Waals surface area contributed by atoms with Crippen LogP contribution < -0.4 is 9.47 Å². The number of carbonyl (C=O) groups excluding carboxylic acids is 1.